The molecule has 1 aromatic rings. The van der Waals surface area contributed by atoms with Crippen LogP contribution in [0.5, 0.6) is 0 Å². The van der Waals surface area contributed by atoms with Crippen LogP contribution in [0.3, 0.4) is 0 Å². The molecule has 1 aromatic carbocycles. The van der Waals surface area contributed by atoms with Crippen molar-refractivity contribution in [3.05, 3.63) is 29.8 Å². The third kappa shape index (κ3) is 5.77. The van der Waals surface area contributed by atoms with Crippen molar-refractivity contribution < 1.29 is 4.79 Å². The summed E-state index contributed by atoms with van der Waals surface area (Å²) in [6.07, 6.45) is 0. The van der Waals surface area contributed by atoms with Crippen LogP contribution >= 0.6 is 11.8 Å². The first-order chi connectivity index (χ1) is 9.02. The highest BCUT2D eigenvalue weighted by atomic mass is 32.2. The van der Waals surface area contributed by atoms with Gasteiger partial charge in [0, 0.05) is 18.0 Å². The molecule has 0 bridgehead atoms. The molecule has 4 nitrogen and oxygen atoms in total. The molecule has 19 heavy (non-hydrogen) atoms. The molecule has 0 aromatic heterocycles. The lowest BCUT2D eigenvalue weighted by Gasteiger charge is -2.14. The predicted octanol–water partition coefficient (Wildman–Crippen LogP) is 2.18. The zero-order valence-corrected chi connectivity index (χ0v) is 12.3. The molecule has 0 saturated heterocycles. The standard InChI is InChI=1S/C14H19N3OS/c1-11(19-9-8-17(2)3)14(18)16-13-6-4-12(10-15)5-7-13/h4-7,11H,8-9H2,1-3H3,(H,16,18). The fourth-order valence-corrected chi connectivity index (χ4v) is 2.39. The number of thioether (sulfide) groups is 1. The Hall–Kier alpha value is -1.51. The fraction of sp³-hybridized carbons (Fsp3) is 0.429. The van der Waals surface area contributed by atoms with E-state index < -0.39 is 0 Å². The second kappa shape index (κ2) is 7.82. The van der Waals surface area contributed by atoms with Crippen LogP contribution in [0, 0.1) is 11.3 Å². The predicted molar refractivity (Wildman–Crippen MR) is 80.3 cm³/mol. The van der Waals surface area contributed by atoms with E-state index in [-0.39, 0.29) is 11.2 Å². The summed E-state index contributed by atoms with van der Waals surface area (Å²) in [6.45, 7) is 2.86. The van der Waals surface area contributed by atoms with Crippen molar-refractivity contribution in [2.45, 2.75) is 12.2 Å². The van der Waals surface area contributed by atoms with Crippen molar-refractivity contribution in [2.75, 3.05) is 31.7 Å². The number of hydrogen-bond acceptors (Lipinski definition) is 4. The lowest BCUT2D eigenvalue weighted by Crippen LogP contribution is -2.24. The summed E-state index contributed by atoms with van der Waals surface area (Å²) in [5.41, 5.74) is 1.32. The monoisotopic (exact) mass is 277 g/mol. The Morgan fingerprint density at radius 2 is 2.05 bits per heavy atom. The molecule has 1 rings (SSSR count). The van der Waals surface area contributed by atoms with Crippen molar-refractivity contribution in [1.29, 1.82) is 5.26 Å². The molecule has 5 heteroatoms. The van der Waals surface area contributed by atoms with Crippen LogP contribution in [0.4, 0.5) is 5.69 Å². The third-order valence-corrected chi connectivity index (χ3v) is 3.69. The highest BCUT2D eigenvalue weighted by molar-refractivity contribution is 8.00. The molecular weight excluding hydrogens is 258 g/mol. The Bertz CT molecular complexity index is 451. The largest absolute Gasteiger partial charge is 0.325 e. The summed E-state index contributed by atoms with van der Waals surface area (Å²) in [7, 11) is 4.03. The van der Waals surface area contributed by atoms with Gasteiger partial charge in [-0.25, -0.2) is 0 Å². The fourth-order valence-electron chi connectivity index (χ4n) is 1.36. The molecule has 0 aliphatic carbocycles. The first kappa shape index (κ1) is 15.5. The summed E-state index contributed by atoms with van der Waals surface area (Å²) in [5.74, 6) is 0.920. The van der Waals surface area contributed by atoms with Crippen molar-refractivity contribution in [3.63, 3.8) is 0 Å². The average Bonchev–Trinajstić information content (AvgIpc) is 2.39. The average molecular weight is 277 g/mol. The van der Waals surface area contributed by atoms with Gasteiger partial charge in [-0.15, -0.1) is 11.8 Å². The second-order valence-electron chi connectivity index (χ2n) is 4.49. The number of hydrogen-bond donors (Lipinski definition) is 1. The molecule has 0 saturated carbocycles. The molecular formula is C14H19N3OS. The van der Waals surface area contributed by atoms with Crippen molar-refractivity contribution >= 4 is 23.4 Å². The number of benzene rings is 1. The Morgan fingerprint density at radius 3 is 2.58 bits per heavy atom. The smallest absolute Gasteiger partial charge is 0.237 e. The highest BCUT2D eigenvalue weighted by Gasteiger charge is 2.13. The van der Waals surface area contributed by atoms with Crippen molar-refractivity contribution in [3.8, 4) is 6.07 Å². The quantitative estimate of drug-likeness (QED) is 0.866. The van der Waals surface area contributed by atoms with Gasteiger partial charge in [-0.3, -0.25) is 4.79 Å². The minimum absolute atomic E-state index is 0.00605. The summed E-state index contributed by atoms with van der Waals surface area (Å²) >= 11 is 1.63. The van der Waals surface area contributed by atoms with E-state index in [1.54, 1.807) is 36.0 Å². The Kier molecular flexibility index (Phi) is 6.40. The van der Waals surface area contributed by atoms with E-state index in [4.69, 9.17) is 5.26 Å². The summed E-state index contributed by atoms with van der Waals surface area (Å²) in [5, 5.41) is 11.5. The molecule has 1 unspecified atom stereocenters. The van der Waals surface area contributed by atoms with Crippen LogP contribution in [-0.2, 0) is 4.79 Å². The van der Waals surface area contributed by atoms with Gasteiger partial charge >= 0.3 is 0 Å². The minimum Gasteiger partial charge on any atom is -0.325 e. The topological polar surface area (TPSA) is 56.1 Å². The molecule has 1 atom stereocenters. The van der Waals surface area contributed by atoms with Crippen LogP contribution < -0.4 is 5.32 Å². The number of carbonyl (C=O) groups excluding carboxylic acids is 1. The number of nitrogens with one attached hydrogen (secondary N) is 1. The molecule has 1 N–H and O–H groups in total. The minimum atomic E-state index is -0.0874. The number of anilines is 1. The highest BCUT2D eigenvalue weighted by Crippen LogP contribution is 2.14. The van der Waals surface area contributed by atoms with Crippen LogP contribution in [0.2, 0.25) is 0 Å². The SMILES string of the molecule is CC(SCCN(C)C)C(=O)Nc1ccc(C#N)cc1. The second-order valence-corrected chi connectivity index (χ2v) is 5.94. The Balaban J connectivity index is 2.42. The zero-order valence-electron chi connectivity index (χ0n) is 11.5. The van der Waals surface area contributed by atoms with E-state index >= 15 is 0 Å². The van der Waals surface area contributed by atoms with E-state index in [0.29, 0.717) is 5.56 Å². The van der Waals surface area contributed by atoms with Crippen LogP contribution in [-0.4, -0.2) is 42.4 Å². The first-order valence-corrected chi connectivity index (χ1v) is 7.15. The molecule has 1 amide bonds. The van der Waals surface area contributed by atoms with E-state index in [1.807, 2.05) is 27.1 Å². The third-order valence-electron chi connectivity index (χ3n) is 2.56. The van der Waals surface area contributed by atoms with Crippen LogP contribution in [0.15, 0.2) is 24.3 Å². The van der Waals surface area contributed by atoms with Gasteiger partial charge in [-0.2, -0.15) is 5.26 Å². The van der Waals surface area contributed by atoms with Crippen LogP contribution in [0.1, 0.15) is 12.5 Å². The normalized spacial score (nSPS) is 11.9. The van der Waals surface area contributed by atoms with E-state index in [1.165, 1.54) is 0 Å². The number of amides is 1. The summed E-state index contributed by atoms with van der Waals surface area (Å²) in [4.78, 5) is 14.0. The maximum atomic E-state index is 11.9. The maximum Gasteiger partial charge on any atom is 0.237 e. The molecule has 0 aliphatic heterocycles. The van der Waals surface area contributed by atoms with E-state index in [0.717, 1.165) is 18.0 Å². The van der Waals surface area contributed by atoms with E-state index in [9.17, 15) is 4.79 Å². The van der Waals surface area contributed by atoms with Gasteiger partial charge in [0.25, 0.3) is 0 Å². The molecule has 102 valence electrons. The molecule has 0 heterocycles. The van der Waals surface area contributed by atoms with Gasteiger partial charge in [0.2, 0.25) is 5.91 Å². The number of nitrogens with zero attached hydrogens (tertiary/aromatic N) is 2. The van der Waals surface area contributed by atoms with Crippen LogP contribution in [0.25, 0.3) is 0 Å². The van der Waals surface area contributed by atoms with Crippen molar-refractivity contribution in [2.24, 2.45) is 0 Å². The molecule has 0 spiro atoms. The Labute approximate surface area is 118 Å². The summed E-state index contributed by atoms with van der Waals surface area (Å²) in [6, 6.07) is 8.92. The first-order valence-electron chi connectivity index (χ1n) is 6.10. The van der Waals surface area contributed by atoms with E-state index in [2.05, 4.69) is 10.2 Å². The molecule has 0 radical (unpaired) electrons. The van der Waals surface area contributed by atoms with Gasteiger partial charge in [-0.1, -0.05) is 0 Å². The molecule has 0 fully saturated rings. The maximum absolute atomic E-state index is 11.9. The number of nitriles is 1. The van der Waals surface area contributed by atoms with Gasteiger partial charge < -0.3 is 10.2 Å². The van der Waals surface area contributed by atoms with Crippen molar-refractivity contribution in [1.82, 2.24) is 4.90 Å². The Morgan fingerprint density at radius 1 is 1.42 bits per heavy atom. The molecule has 0 aliphatic rings. The number of rotatable bonds is 6. The lowest BCUT2D eigenvalue weighted by atomic mass is 10.2. The van der Waals surface area contributed by atoms with Gasteiger partial charge in [-0.05, 0) is 45.3 Å². The van der Waals surface area contributed by atoms with Gasteiger partial charge in [0.15, 0.2) is 0 Å². The van der Waals surface area contributed by atoms with Gasteiger partial charge in [0.1, 0.15) is 0 Å². The number of carbonyl (C=O) groups is 1. The summed E-state index contributed by atoms with van der Waals surface area (Å²) < 4.78 is 0. The van der Waals surface area contributed by atoms with Gasteiger partial charge in [0.05, 0.1) is 16.9 Å². The lowest BCUT2D eigenvalue weighted by molar-refractivity contribution is -0.115. The zero-order chi connectivity index (χ0) is 14.3.